The van der Waals surface area contributed by atoms with Crippen LogP contribution in [0.5, 0.6) is 0 Å². The highest BCUT2D eigenvalue weighted by molar-refractivity contribution is 6.01. The van der Waals surface area contributed by atoms with Gasteiger partial charge in [-0.25, -0.2) is 0 Å². The summed E-state index contributed by atoms with van der Waals surface area (Å²) in [6.45, 7) is 9.05. The van der Waals surface area contributed by atoms with Gasteiger partial charge in [0.15, 0.2) is 0 Å². The average molecular weight is 298 g/mol. The van der Waals surface area contributed by atoms with Crippen molar-refractivity contribution < 1.29 is 4.79 Å². The molecule has 1 aromatic heterocycles. The van der Waals surface area contributed by atoms with Crippen LogP contribution in [0.15, 0.2) is 18.2 Å². The quantitative estimate of drug-likeness (QED) is 0.835. The van der Waals surface area contributed by atoms with E-state index in [0.29, 0.717) is 0 Å². The van der Waals surface area contributed by atoms with E-state index in [2.05, 4.69) is 43.5 Å². The molecule has 3 nitrogen and oxygen atoms in total. The lowest BCUT2D eigenvalue weighted by Gasteiger charge is -2.27. The molecule has 0 spiro atoms. The molecule has 2 aromatic rings. The molecule has 118 valence electrons. The zero-order chi connectivity index (χ0) is 15.7. The minimum atomic E-state index is 0.216. The molecule has 3 rings (SSSR count). The van der Waals surface area contributed by atoms with Crippen LogP contribution in [0, 0.1) is 6.92 Å². The van der Waals surface area contributed by atoms with Crippen molar-refractivity contribution >= 4 is 16.8 Å². The lowest BCUT2D eigenvalue weighted by Crippen LogP contribution is -2.37. The first kappa shape index (κ1) is 15.1. The molecule has 1 amide bonds. The standard InChI is InChI=1S/C19H26N2O/c1-4-15-9-10-17-16(13-15)14(3)18(21(17)5-2)19(22)20-11-7-6-8-12-20/h9-10,13H,4-8,11-12H2,1-3H3. The molecule has 0 radical (unpaired) electrons. The summed E-state index contributed by atoms with van der Waals surface area (Å²) in [5.74, 6) is 0.216. The number of nitrogens with zero attached hydrogens (tertiary/aromatic N) is 2. The van der Waals surface area contributed by atoms with Gasteiger partial charge in [0.05, 0.1) is 0 Å². The number of benzene rings is 1. The van der Waals surface area contributed by atoms with Gasteiger partial charge in [-0.15, -0.1) is 0 Å². The maximum absolute atomic E-state index is 13.0. The highest BCUT2D eigenvalue weighted by atomic mass is 16.2. The van der Waals surface area contributed by atoms with Crippen LogP contribution in [0.1, 0.15) is 54.7 Å². The fourth-order valence-electron chi connectivity index (χ4n) is 3.64. The van der Waals surface area contributed by atoms with E-state index in [4.69, 9.17) is 0 Å². The summed E-state index contributed by atoms with van der Waals surface area (Å²) >= 11 is 0. The summed E-state index contributed by atoms with van der Waals surface area (Å²) in [6, 6.07) is 6.62. The zero-order valence-corrected chi connectivity index (χ0v) is 14.0. The zero-order valence-electron chi connectivity index (χ0n) is 14.0. The molecule has 3 heteroatoms. The van der Waals surface area contributed by atoms with Crippen molar-refractivity contribution in [2.24, 2.45) is 0 Å². The summed E-state index contributed by atoms with van der Waals surface area (Å²) in [5, 5.41) is 1.24. The van der Waals surface area contributed by atoms with Gasteiger partial charge in [-0.3, -0.25) is 4.79 Å². The van der Waals surface area contributed by atoms with Crippen molar-refractivity contribution in [3.05, 3.63) is 35.0 Å². The Morgan fingerprint density at radius 1 is 1.14 bits per heavy atom. The second-order valence-electron chi connectivity index (χ2n) is 6.28. The van der Waals surface area contributed by atoms with Crippen LogP contribution in [0.4, 0.5) is 0 Å². The maximum Gasteiger partial charge on any atom is 0.270 e. The molecule has 1 fully saturated rings. The molecule has 0 bridgehead atoms. The molecule has 0 N–H and O–H groups in total. The number of carbonyl (C=O) groups excluding carboxylic acids is 1. The van der Waals surface area contributed by atoms with Crippen LogP contribution in [0.2, 0.25) is 0 Å². The van der Waals surface area contributed by atoms with Crippen LogP contribution in [-0.4, -0.2) is 28.5 Å². The van der Waals surface area contributed by atoms with E-state index in [1.165, 1.54) is 22.9 Å². The molecular weight excluding hydrogens is 272 g/mol. The summed E-state index contributed by atoms with van der Waals surface area (Å²) in [7, 11) is 0. The molecule has 0 aliphatic carbocycles. The average Bonchev–Trinajstić information content (AvgIpc) is 2.86. The normalized spacial score (nSPS) is 15.5. The third-order valence-corrected chi connectivity index (χ3v) is 4.95. The van der Waals surface area contributed by atoms with Crippen LogP contribution in [-0.2, 0) is 13.0 Å². The first-order valence-electron chi connectivity index (χ1n) is 8.58. The summed E-state index contributed by atoms with van der Waals surface area (Å²) in [6.07, 6.45) is 4.55. The minimum Gasteiger partial charge on any atom is -0.337 e. The van der Waals surface area contributed by atoms with Crippen molar-refractivity contribution in [1.29, 1.82) is 0 Å². The van der Waals surface area contributed by atoms with Crippen molar-refractivity contribution in [2.45, 2.75) is 53.0 Å². The highest BCUT2D eigenvalue weighted by Crippen LogP contribution is 2.28. The van der Waals surface area contributed by atoms with E-state index in [1.54, 1.807) is 0 Å². The van der Waals surface area contributed by atoms with Gasteiger partial charge in [-0.1, -0.05) is 13.0 Å². The molecule has 2 heterocycles. The predicted molar refractivity (Wildman–Crippen MR) is 91.5 cm³/mol. The molecular formula is C19H26N2O. The Hall–Kier alpha value is -1.77. The third-order valence-electron chi connectivity index (χ3n) is 4.95. The Kier molecular flexibility index (Phi) is 4.23. The summed E-state index contributed by atoms with van der Waals surface area (Å²) < 4.78 is 2.20. The molecule has 22 heavy (non-hydrogen) atoms. The number of piperidine rings is 1. The smallest absolute Gasteiger partial charge is 0.270 e. The maximum atomic E-state index is 13.0. The van der Waals surface area contributed by atoms with E-state index in [1.807, 2.05) is 4.90 Å². The minimum absolute atomic E-state index is 0.216. The second kappa shape index (κ2) is 6.15. The van der Waals surface area contributed by atoms with Crippen molar-refractivity contribution in [3.8, 4) is 0 Å². The first-order valence-corrected chi connectivity index (χ1v) is 8.58. The Morgan fingerprint density at radius 3 is 2.50 bits per heavy atom. The van der Waals surface area contributed by atoms with Crippen molar-refractivity contribution in [2.75, 3.05) is 13.1 Å². The third kappa shape index (κ3) is 2.43. The fourth-order valence-corrected chi connectivity index (χ4v) is 3.64. The van der Waals surface area contributed by atoms with Gasteiger partial charge in [0.25, 0.3) is 5.91 Å². The summed E-state index contributed by atoms with van der Waals surface area (Å²) in [5.41, 5.74) is 4.56. The van der Waals surface area contributed by atoms with E-state index >= 15 is 0 Å². The largest absolute Gasteiger partial charge is 0.337 e. The summed E-state index contributed by atoms with van der Waals surface area (Å²) in [4.78, 5) is 15.1. The van der Waals surface area contributed by atoms with Crippen LogP contribution in [0.25, 0.3) is 10.9 Å². The van der Waals surface area contributed by atoms with Crippen molar-refractivity contribution in [3.63, 3.8) is 0 Å². The van der Waals surface area contributed by atoms with Crippen molar-refractivity contribution in [1.82, 2.24) is 9.47 Å². The van der Waals surface area contributed by atoms with E-state index in [0.717, 1.165) is 50.2 Å². The first-order chi connectivity index (χ1) is 10.7. The number of amides is 1. The molecule has 1 aliphatic heterocycles. The van der Waals surface area contributed by atoms with Gasteiger partial charge in [0, 0.05) is 30.5 Å². The van der Waals surface area contributed by atoms with E-state index < -0.39 is 0 Å². The number of carbonyl (C=O) groups is 1. The lowest BCUT2D eigenvalue weighted by atomic mass is 10.1. The number of hydrogen-bond donors (Lipinski definition) is 0. The highest BCUT2D eigenvalue weighted by Gasteiger charge is 2.25. The number of aromatic nitrogens is 1. The molecule has 0 atom stereocenters. The Labute approximate surface area is 132 Å². The van der Waals surface area contributed by atoms with E-state index in [-0.39, 0.29) is 5.91 Å². The van der Waals surface area contributed by atoms with Crippen LogP contribution < -0.4 is 0 Å². The van der Waals surface area contributed by atoms with Gasteiger partial charge in [-0.05, 0) is 62.8 Å². The van der Waals surface area contributed by atoms with E-state index in [9.17, 15) is 4.79 Å². The van der Waals surface area contributed by atoms with Gasteiger partial charge in [0.1, 0.15) is 5.69 Å². The molecule has 0 saturated carbocycles. The Balaban J connectivity index is 2.11. The Bertz CT molecular complexity index is 693. The number of likely N-dealkylation sites (tertiary alicyclic amines) is 1. The van der Waals surface area contributed by atoms with Gasteiger partial charge < -0.3 is 9.47 Å². The van der Waals surface area contributed by atoms with Gasteiger partial charge >= 0.3 is 0 Å². The van der Waals surface area contributed by atoms with Gasteiger partial charge in [0.2, 0.25) is 0 Å². The number of fused-ring (bicyclic) bond motifs is 1. The lowest BCUT2D eigenvalue weighted by molar-refractivity contribution is 0.0713. The number of hydrogen-bond acceptors (Lipinski definition) is 1. The molecule has 1 aliphatic rings. The molecule has 1 aromatic carbocycles. The SMILES string of the molecule is CCc1ccc2c(c1)c(C)c(C(=O)N1CCCCC1)n2CC. The second-order valence-corrected chi connectivity index (χ2v) is 6.28. The van der Waals surface area contributed by atoms with Crippen LogP contribution >= 0.6 is 0 Å². The fraction of sp³-hybridized carbons (Fsp3) is 0.526. The number of aryl methyl sites for hydroxylation is 3. The monoisotopic (exact) mass is 298 g/mol. The predicted octanol–water partition coefficient (Wildman–Crippen LogP) is 4.16. The van der Waals surface area contributed by atoms with Gasteiger partial charge in [-0.2, -0.15) is 0 Å². The molecule has 0 unspecified atom stereocenters. The molecule has 1 saturated heterocycles. The Morgan fingerprint density at radius 2 is 1.86 bits per heavy atom. The number of rotatable bonds is 3. The van der Waals surface area contributed by atoms with Crippen LogP contribution in [0.3, 0.4) is 0 Å². The topological polar surface area (TPSA) is 25.2 Å².